The van der Waals surface area contributed by atoms with E-state index in [0.717, 1.165) is 30.3 Å². The summed E-state index contributed by atoms with van der Waals surface area (Å²) in [7, 11) is 0. The van der Waals surface area contributed by atoms with Gasteiger partial charge in [-0.05, 0) is 18.9 Å². The summed E-state index contributed by atoms with van der Waals surface area (Å²) in [6, 6.07) is 10.5. The normalized spacial score (nSPS) is 12.4. The van der Waals surface area contributed by atoms with Crippen LogP contribution in [0.25, 0.3) is 11.5 Å². The SMILES string of the molecule is Cc1nccn1CC[C@H](c1ccccc1)n1cc(-c2ncc[nH]2)nn1. The van der Waals surface area contributed by atoms with E-state index in [1.54, 1.807) is 12.4 Å². The summed E-state index contributed by atoms with van der Waals surface area (Å²) in [6.07, 6.45) is 10.2. The van der Waals surface area contributed by atoms with Crippen LogP contribution < -0.4 is 0 Å². The molecule has 1 N–H and O–H groups in total. The molecule has 0 spiro atoms. The summed E-state index contributed by atoms with van der Waals surface area (Å²) in [5.41, 5.74) is 1.95. The van der Waals surface area contributed by atoms with E-state index in [4.69, 9.17) is 0 Å². The van der Waals surface area contributed by atoms with Gasteiger partial charge in [-0.3, -0.25) is 0 Å². The van der Waals surface area contributed by atoms with Gasteiger partial charge in [-0.2, -0.15) is 0 Å². The Balaban J connectivity index is 1.62. The molecule has 7 heteroatoms. The molecule has 0 bridgehead atoms. The van der Waals surface area contributed by atoms with Gasteiger partial charge in [-0.25, -0.2) is 14.6 Å². The maximum Gasteiger partial charge on any atom is 0.159 e. The lowest BCUT2D eigenvalue weighted by Gasteiger charge is -2.18. The number of benzene rings is 1. The Morgan fingerprint density at radius 2 is 2.00 bits per heavy atom. The molecule has 0 aliphatic rings. The minimum atomic E-state index is 0.0965. The van der Waals surface area contributed by atoms with Crippen LogP contribution in [0.1, 0.15) is 23.9 Å². The van der Waals surface area contributed by atoms with E-state index in [1.165, 1.54) is 5.56 Å². The quantitative estimate of drug-likeness (QED) is 0.588. The van der Waals surface area contributed by atoms with Gasteiger partial charge in [0.25, 0.3) is 0 Å². The molecule has 1 atom stereocenters. The number of aryl methyl sites for hydroxylation is 2. The highest BCUT2D eigenvalue weighted by Crippen LogP contribution is 2.23. The summed E-state index contributed by atoms with van der Waals surface area (Å²) >= 11 is 0. The Labute approximate surface area is 145 Å². The lowest BCUT2D eigenvalue weighted by atomic mass is 10.0. The molecule has 0 saturated heterocycles. The zero-order valence-corrected chi connectivity index (χ0v) is 13.9. The molecular weight excluding hydrogens is 314 g/mol. The van der Waals surface area contributed by atoms with Crippen molar-refractivity contribution in [1.29, 1.82) is 0 Å². The highest BCUT2D eigenvalue weighted by atomic mass is 15.4. The van der Waals surface area contributed by atoms with Crippen LogP contribution in [0.4, 0.5) is 0 Å². The Hall–Kier alpha value is -3.22. The van der Waals surface area contributed by atoms with E-state index in [1.807, 2.05) is 36.3 Å². The molecule has 4 aromatic rings. The van der Waals surface area contributed by atoms with Crippen LogP contribution in [-0.4, -0.2) is 34.5 Å². The molecule has 7 nitrogen and oxygen atoms in total. The van der Waals surface area contributed by atoms with Gasteiger partial charge in [0.1, 0.15) is 11.5 Å². The average Bonchev–Trinajstić information content (AvgIpc) is 3.38. The second-order valence-corrected chi connectivity index (χ2v) is 5.90. The van der Waals surface area contributed by atoms with Crippen LogP contribution in [0.2, 0.25) is 0 Å². The molecular formula is C18H19N7. The lowest BCUT2D eigenvalue weighted by Crippen LogP contribution is -2.14. The summed E-state index contributed by atoms with van der Waals surface area (Å²) in [4.78, 5) is 11.6. The van der Waals surface area contributed by atoms with Crippen LogP contribution >= 0.6 is 0 Å². The van der Waals surface area contributed by atoms with E-state index in [-0.39, 0.29) is 6.04 Å². The number of hydrogen-bond donors (Lipinski definition) is 1. The van der Waals surface area contributed by atoms with E-state index < -0.39 is 0 Å². The Morgan fingerprint density at radius 1 is 1.12 bits per heavy atom. The number of nitrogens with one attached hydrogen (secondary N) is 1. The maximum absolute atomic E-state index is 4.35. The first-order chi connectivity index (χ1) is 12.3. The van der Waals surface area contributed by atoms with Crippen molar-refractivity contribution in [3.8, 4) is 11.5 Å². The lowest BCUT2D eigenvalue weighted by molar-refractivity contribution is 0.442. The van der Waals surface area contributed by atoms with E-state index in [2.05, 4.69) is 54.1 Å². The van der Waals surface area contributed by atoms with Gasteiger partial charge in [-0.1, -0.05) is 35.5 Å². The molecule has 0 amide bonds. The van der Waals surface area contributed by atoms with Crippen molar-refractivity contribution in [1.82, 2.24) is 34.5 Å². The van der Waals surface area contributed by atoms with Crippen molar-refractivity contribution in [3.63, 3.8) is 0 Å². The van der Waals surface area contributed by atoms with Crippen LogP contribution in [0.15, 0.2) is 61.3 Å². The van der Waals surface area contributed by atoms with Crippen molar-refractivity contribution in [2.24, 2.45) is 0 Å². The van der Waals surface area contributed by atoms with Gasteiger partial charge in [0, 0.05) is 31.3 Å². The molecule has 1 aromatic carbocycles. The van der Waals surface area contributed by atoms with Gasteiger partial charge in [0.05, 0.1) is 12.2 Å². The van der Waals surface area contributed by atoms with Gasteiger partial charge in [0.15, 0.2) is 5.82 Å². The molecule has 25 heavy (non-hydrogen) atoms. The maximum atomic E-state index is 4.35. The largest absolute Gasteiger partial charge is 0.343 e. The number of imidazole rings is 2. The first-order valence-electron chi connectivity index (χ1n) is 8.25. The highest BCUT2D eigenvalue weighted by Gasteiger charge is 2.17. The molecule has 126 valence electrons. The Morgan fingerprint density at radius 3 is 2.72 bits per heavy atom. The van der Waals surface area contributed by atoms with Crippen molar-refractivity contribution in [2.75, 3.05) is 0 Å². The van der Waals surface area contributed by atoms with Crippen LogP contribution in [0.5, 0.6) is 0 Å². The zero-order valence-electron chi connectivity index (χ0n) is 13.9. The first kappa shape index (κ1) is 15.3. The van der Waals surface area contributed by atoms with Crippen molar-refractivity contribution < 1.29 is 0 Å². The van der Waals surface area contributed by atoms with Crippen LogP contribution in [0, 0.1) is 6.92 Å². The number of aromatic nitrogens is 7. The molecule has 3 aromatic heterocycles. The fourth-order valence-corrected chi connectivity index (χ4v) is 2.97. The predicted octanol–water partition coefficient (Wildman–Crippen LogP) is 2.85. The van der Waals surface area contributed by atoms with Gasteiger partial charge < -0.3 is 9.55 Å². The van der Waals surface area contributed by atoms with E-state index >= 15 is 0 Å². The smallest absolute Gasteiger partial charge is 0.159 e. The standard InChI is InChI=1S/C18H19N7/c1-14-19-10-12-24(14)11-7-17(15-5-3-2-4-6-15)25-13-16(22-23-25)18-20-8-9-21-18/h2-6,8-10,12-13,17H,7,11H2,1H3,(H,20,21)/t17-/m1/s1. The molecule has 0 aliphatic carbocycles. The third kappa shape index (κ3) is 3.21. The molecule has 0 unspecified atom stereocenters. The van der Waals surface area contributed by atoms with Crippen LogP contribution in [0.3, 0.4) is 0 Å². The highest BCUT2D eigenvalue weighted by molar-refractivity contribution is 5.46. The van der Waals surface area contributed by atoms with Crippen molar-refractivity contribution in [2.45, 2.75) is 25.9 Å². The molecule has 0 fully saturated rings. The molecule has 4 rings (SSSR count). The second-order valence-electron chi connectivity index (χ2n) is 5.90. The molecule has 0 radical (unpaired) electrons. The van der Waals surface area contributed by atoms with Gasteiger partial charge >= 0.3 is 0 Å². The minimum absolute atomic E-state index is 0.0965. The van der Waals surface area contributed by atoms with Gasteiger partial charge in [-0.15, -0.1) is 5.10 Å². The van der Waals surface area contributed by atoms with E-state index in [0.29, 0.717) is 0 Å². The van der Waals surface area contributed by atoms with Gasteiger partial charge in [0.2, 0.25) is 0 Å². The van der Waals surface area contributed by atoms with E-state index in [9.17, 15) is 0 Å². The monoisotopic (exact) mass is 333 g/mol. The molecule has 0 saturated carbocycles. The third-order valence-corrected chi connectivity index (χ3v) is 4.32. The predicted molar refractivity (Wildman–Crippen MR) is 93.8 cm³/mol. The molecule has 0 aliphatic heterocycles. The summed E-state index contributed by atoms with van der Waals surface area (Å²) in [5, 5.41) is 8.62. The topological polar surface area (TPSA) is 77.2 Å². The number of nitrogens with zero attached hydrogens (tertiary/aromatic N) is 6. The molecule has 3 heterocycles. The number of H-pyrrole nitrogens is 1. The number of rotatable bonds is 6. The fraction of sp³-hybridized carbons (Fsp3) is 0.222. The second kappa shape index (κ2) is 6.72. The number of hydrogen-bond acceptors (Lipinski definition) is 4. The summed E-state index contributed by atoms with van der Waals surface area (Å²) in [5.74, 6) is 1.74. The van der Waals surface area contributed by atoms with Crippen molar-refractivity contribution in [3.05, 3.63) is 72.7 Å². The average molecular weight is 333 g/mol. The summed E-state index contributed by atoms with van der Waals surface area (Å²) in [6.45, 7) is 2.88. The van der Waals surface area contributed by atoms with Crippen molar-refractivity contribution >= 4 is 0 Å². The Bertz CT molecular complexity index is 921. The third-order valence-electron chi connectivity index (χ3n) is 4.32. The minimum Gasteiger partial charge on any atom is -0.343 e. The fourth-order valence-electron chi connectivity index (χ4n) is 2.97. The Kier molecular flexibility index (Phi) is 4.12. The summed E-state index contributed by atoms with van der Waals surface area (Å²) < 4.78 is 4.07. The number of aromatic amines is 1. The van der Waals surface area contributed by atoms with Crippen LogP contribution in [-0.2, 0) is 6.54 Å². The first-order valence-corrected chi connectivity index (χ1v) is 8.25. The zero-order chi connectivity index (χ0) is 17.1.